The third-order valence-electron chi connectivity index (χ3n) is 12.9. The van der Waals surface area contributed by atoms with Gasteiger partial charge in [-0.3, -0.25) is 33.6 Å². The first-order valence-electron chi connectivity index (χ1n) is 32.7. The molecule has 5 amide bonds. The fraction of sp³-hybridized carbons (Fsp3) is 0.844. The Labute approximate surface area is 546 Å². The van der Waals surface area contributed by atoms with Crippen molar-refractivity contribution in [3.63, 3.8) is 0 Å². The van der Waals surface area contributed by atoms with Crippen molar-refractivity contribution >= 4 is 59.6 Å². The Morgan fingerprint density at radius 3 is 1.13 bits per heavy atom. The summed E-state index contributed by atoms with van der Waals surface area (Å²) < 4.78 is 49.5. The van der Waals surface area contributed by atoms with E-state index in [-0.39, 0.29) is 135 Å². The molecule has 0 fully saturated rings. The number of hydrogen-bond donors (Lipinski definition) is 7. The Morgan fingerprint density at radius 2 is 0.717 bits per heavy atom. The van der Waals surface area contributed by atoms with Crippen LogP contribution in [0.15, 0.2) is 0 Å². The number of carboxylic acids is 1. The molecule has 2 atom stereocenters. The number of carbonyl (C=O) groups is 10. The maximum atomic E-state index is 13.3. The average Bonchev–Trinajstić information content (AvgIpc) is 1.48. The van der Waals surface area contributed by atoms with E-state index in [0.717, 1.165) is 51.5 Å². The second kappa shape index (κ2) is 53.6. The van der Waals surface area contributed by atoms with Crippen molar-refractivity contribution in [2.75, 3.05) is 126 Å². The summed E-state index contributed by atoms with van der Waals surface area (Å²) >= 11 is 0. The lowest BCUT2D eigenvalue weighted by Crippen LogP contribution is -2.47. The van der Waals surface area contributed by atoms with Crippen LogP contribution in [-0.2, 0) is 85.8 Å². The molecule has 0 saturated heterocycles. The van der Waals surface area contributed by atoms with E-state index in [1.807, 2.05) is 34.9 Å². The molecule has 0 aliphatic carbocycles. The Kier molecular flexibility index (Phi) is 51.4. The third-order valence-corrected chi connectivity index (χ3v) is 12.9. The van der Waals surface area contributed by atoms with Crippen molar-refractivity contribution in [1.29, 1.82) is 0 Å². The third kappa shape index (κ3) is 64.3. The molecule has 0 aromatic heterocycles. The van der Waals surface area contributed by atoms with Crippen molar-refractivity contribution in [3.05, 3.63) is 0 Å². The molecule has 0 rings (SSSR count). The van der Waals surface area contributed by atoms with Crippen molar-refractivity contribution in [1.82, 2.24) is 26.6 Å². The van der Waals surface area contributed by atoms with Crippen LogP contribution in [0, 0.1) is 0 Å². The van der Waals surface area contributed by atoms with Crippen LogP contribution in [0.5, 0.6) is 0 Å². The van der Waals surface area contributed by atoms with Crippen LogP contribution in [0.2, 0.25) is 0 Å². The van der Waals surface area contributed by atoms with E-state index in [9.17, 15) is 43.2 Å². The lowest BCUT2D eigenvalue weighted by atomic mass is 10.0. The molecule has 28 heteroatoms. The maximum Gasteiger partial charge on any atom is 0.329 e. The minimum atomic E-state index is -2.08. The number of likely N-dealkylation sites (N-methyl/N-ethyl adjacent to an activating group) is 1. The molecule has 0 aliphatic heterocycles. The first kappa shape index (κ1) is 88.3. The number of unbranched alkanes of at least 4 members (excludes halogenated alkanes) is 13. The quantitative estimate of drug-likeness (QED) is 0.0188. The highest BCUT2D eigenvalue weighted by Gasteiger charge is 2.30. The average molecular weight is 1320 g/mol. The first-order valence-corrected chi connectivity index (χ1v) is 32.7. The molecule has 0 bridgehead atoms. The summed E-state index contributed by atoms with van der Waals surface area (Å²) in [4.78, 5) is 121. The molecule has 0 unspecified atom stereocenters. The van der Waals surface area contributed by atoms with Gasteiger partial charge < -0.3 is 93.8 Å². The van der Waals surface area contributed by atoms with E-state index in [1.54, 1.807) is 41.5 Å². The van der Waals surface area contributed by atoms with Gasteiger partial charge in [0.05, 0.1) is 99.7 Å². The van der Waals surface area contributed by atoms with Crippen LogP contribution in [-0.4, -0.2) is 229 Å². The minimum absolute atomic E-state index is 0.0406. The van der Waals surface area contributed by atoms with Crippen LogP contribution in [0.1, 0.15) is 197 Å². The number of aliphatic carboxylic acids is 1. The number of amides is 5. The van der Waals surface area contributed by atoms with Crippen molar-refractivity contribution in [2.45, 2.75) is 226 Å². The van der Waals surface area contributed by atoms with E-state index in [1.165, 1.54) is 38.5 Å². The van der Waals surface area contributed by atoms with Crippen LogP contribution in [0.25, 0.3) is 0 Å². The zero-order valence-electron chi connectivity index (χ0n) is 57.5. The van der Waals surface area contributed by atoms with Crippen molar-refractivity contribution in [3.8, 4) is 0 Å². The Morgan fingerprint density at radius 1 is 0.380 bits per heavy atom. The molecule has 7 N–H and O–H groups in total. The molecule has 0 spiro atoms. The van der Waals surface area contributed by atoms with Crippen LogP contribution in [0.3, 0.4) is 0 Å². The number of nitrogens with zero attached hydrogens (tertiary/aromatic N) is 1. The highest BCUT2D eigenvalue weighted by Crippen LogP contribution is 2.17. The minimum Gasteiger partial charge on any atom is -0.565 e. The Balaban J connectivity index is 0. The van der Waals surface area contributed by atoms with Gasteiger partial charge in [0.15, 0.2) is 0 Å². The van der Waals surface area contributed by atoms with Crippen molar-refractivity contribution < 1.29 is 110 Å². The Hall–Kier alpha value is -5.78. The van der Waals surface area contributed by atoms with Gasteiger partial charge in [0.25, 0.3) is 0 Å². The normalized spacial score (nSPS) is 12.3. The molecule has 28 nitrogen and oxygen atoms in total. The monoisotopic (exact) mass is 1320 g/mol. The lowest BCUT2D eigenvalue weighted by Gasteiger charge is -2.29. The maximum absolute atomic E-state index is 13.3. The molecule has 92 heavy (non-hydrogen) atoms. The fourth-order valence-corrected chi connectivity index (χ4v) is 8.28. The van der Waals surface area contributed by atoms with E-state index < -0.39 is 64.8 Å². The highest BCUT2D eigenvalue weighted by atomic mass is 16.6. The van der Waals surface area contributed by atoms with Gasteiger partial charge >= 0.3 is 23.9 Å². The standard InChI is InChI=1S/C63H116N6O19.CH2O3/c1-61(2,3)86-58(77)27-25-23-21-19-17-15-13-12-14-16-18-20-22-24-26-53(71)67-51(60(79)88-63(7,8)9)29-31-54(72)68-50(59(78)87-62(4,5)6)28-30-52(70)65-34-39-81-44-47-85-49-56(74)66-35-40-82-45-46-84-48-55(73)64-33-36-69(10,11)37-41-83-43-42-80-38-32-57(75)76;2-1(3)4/h50-51H,12-49H2,1-11H3,(H5-,64,65,66,67,68,70,71,72,73,74,75,76);(H2,2,3,4)/t50-,51-;/m0./s1. The van der Waals surface area contributed by atoms with Gasteiger partial charge in [-0.05, 0) is 88.0 Å². The number of esters is 3. The summed E-state index contributed by atoms with van der Waals surface area (Å²) in [6.07, 6.45) is 13.2. The largest absolute Gasteiger partial charge is 0.565 e. The van der Waals surface area contributed by atoms with Gasteiger partial charge in [0, 0.05) is 38.8 Å². The molecule has 0 radical (unpaired) electrons. The number of carbonyl (C=O) groups excluding carboxylic acids is 8. The van der Waals surface area contributed by atoms with Gasteiger partial charge in [-0.1, -0.05) is 77.0 Å². The van der Waals surface area contributed by atoms with Gasteiger partial charge in [0.2, 0.25) is 35.7 Å². The van der Waals surface area contributed by atoms with E-state index in [4.69, 9.17) is 62.7 Å². The van der Waals surface area contributed by atoms with Gasteiger partial charge in [-0.25, -0.2) is 9.59 Å². The predicted octanol–water partition coefficient (Wildman–Crippen LogP) is 4.67. The van der Waals surface area contributed by atoms with Gasteiger partial charge in [-0.2, -0.15) is 0 Å². The summed E-state index contributed by atoms with van der Waals surface area (Å²) in [7, 11) is 4.05. The number of quaternary nitrogens is 1. The topological polar surface area (TPSA) is 377 Å². The van der Waals surface area contributed by atoms with Crippen LogP contribution < -0.4 is 31.7 Å². The smallest absolute Gasteiger partial charge is 0.329 e. The van der Waals surface area contributed by atoms with Crippen LogP contribution in [0.4, 0.5) is 4.79 Å². The number of ether oxygens (including phenoxy) is 9. The predicted molar refractivity (Wildman–Crippen MR) is 340 cm³/mol. The van der Waals surface area contributed by atoms with Gasteiger partial charge in [0.1, 0.15) is 48.6 Å². The van der Waals surface area contributed by atoms with Crippen molar-refractivity contribution in [2.24, 2.45) is 0 Å². The first-order chi connectivity index (χ1) is 43.2. The molecule has 0 saturated carbocycles. The number of carboxylic acid groups (broad SMARTS) is 3. The molecule has 536 valence electrons. The number of nitrogens with one attached hydrogen (secondary N) is 5. The lowest BCUT2D eigenvalue weighted by molar-refractivity contribution is -0.889. The van der Waals surface area contributed by atoms with Gasteiger partial charge in [-0.15, -0.1) is 0 Å². The second-order valence-electron chi connectivity index (χ2n) is 25.8. The number of rotatable bonds is 55. The summed E-state index contributed by atoms with van der Waals surface area (Å²) in [6, 6.07) is -2.27. The number of hydrogen-bond acceptors (Lipinski definition) is 20. The van der Waals surface area contributed by atoms with Crippen LogP contribution >= 0.6 is 0 Å². The molecule has 0 aromatic carbocycles. The van der Waals surface area contributed by atoms with E-state index in [2.05, 4.69) is 26.6 Å². The SMILES string of the molecule is CC(C)(C)OC(=O)CCCCCCCCCCCCCCCCC(=O)N[C@@H](CCC(=O)N[C@@H](CCC(=O)NCCOCCOCC(=O)NCCOCCOCC(=O)NCC[N+](C)(C)CCOCCOCCC(=O)O)C(=O)OC(C)(C)C)C(=O)OC(C)(C)C.O=C([O-])O. The zero-order valence-corrected chi connectivity index (χ0v) is 57.5. The highest BCUT2D eigenvalue weighted by molar-refractivity contribution is 5.87. The summed E-state index contributed by atoms with van der Waals surface area (Å²) in [5, 5.41) is 37.6. The summed E-state index contributed by atoms with van der Waals surface area (Å²) in [5.41, 5.74) is -2.15. The molecular formula is C64H118N6O22. The molecule has 0 heterocycles. The summed E-state index contributed by atoms with van der Waals surface area (Å²) in [6.45, 7) is 20.3. The Bertz CT molecular complexity index is 2060. The zero-order chi connectivity index (χ0) is 69.7. The van der Waals surface area contributed by atoms with E-state index >= 15 is 0 Å². The molecule has 0 aliphatic rings. The summed E-state index contributed by atoms with van der Waals surface area (Å²) in [5.74, 6) is -4.30. The second-order valence-corrected chi connectivity index (χ2v) is 25.8. The molecular weight excluding hydrogens is 1200 g/mol. The van der Waals surface area contributed by atoms with E-state index in [0.29, 0.717) is 50.2 Å². The molecule has 0 aromatic rings. The fourth-order valence-electron chi connectivity index (χ4n) is 8.28.